The van der Waals surface area contributed by atoms with Crippen molar-refractivity contribution in [1.82, 2.24) is 19.6 Å². The van der Waals surface area contributed by atoms with Gasteiger partial charge in [-0.3, -0.25) is 19.3 Å². The third-order valence-electron chi connectivity index (χ3n) is 4.06. The van der Waals surface area contributed by atoms with Crippen LogP contribution in [0.4, 0.5) is 9.52 Å². The van der Waals surface area contributed by atoms with Crippen LogP contribution in [-0.2, 0) is 28.8 Å². The highest BCUT2D eigenvalue weighted by Gasteiger charge is 2.54. The standard InChI is InChI=1S/C15H15FN6O7S2/c1-5(23)28-2-6-3-30-13-8(12(25)22(13)9(6)14(26)27)18-11(24)7(20-29-4-16)10-19-15(17)31-21-10/h8,13H,2-4H2,1H3,(H,18,24)(H,26,27)(H2,17,19,21)/t8-,13+/m1/s1. The number of carboxylic acid groups (broad SMARTS) is 1. The third-order valence-corrected chi connectivity index (χ3v) is 5.94. The molecule has 3 rings (SSSR count). The van der Waals surface area contributed by atoms with E-state index in [2.05, 4.69) is 24.7 Å². The number of alkyl halides is 1. The van der Waals surface area contributed by atoms with Crippen LogP contribution in [0.25, 0.3) is 0 Å². The van der Waals surface area contributed by atoms with Gasteiger partial charge in [0.05, 0.1) is 0 Å². The number of hydrogen-bond acceptors (Lipinski definition) is 12. The molecule has 2 aliphatic heterocycles. The average Bonchev–Trinajstić information content (AvgIpc) is 3.15. The van der Waals surface area contributed by atoms with Gasteiger partial charge in [0.25, 0.3) is 18.7 Å². The van der Waals surface area contributed by atoms with Crippen LogP contribution in [0.1, 0.15) is 12.7 Å². The molecule has 0 radical (unpaired) electrons. The van der Waals surface area contributed by atoms with Gasteiger partial charge in [0.2, 0.25) is 11.5 Å². The fraction of sp³-hybridized carbons (Fsp3) is 0.400. The van der Waals surface area contributed by atoms with Crippen LogP contribution in [0.15, 0.2) is 16.4 Å². The number of oxime groups is 1. The zero-order valence-corrected chi connectivity index (χ0v) is 17.4. The molecule has 2 amide bonds. The Bertz CT molecular complexity index is 996. The molecule has 4 N–H and O–H groups in total. The Morgan fingerprint density at radius 1 is 1.45 bits per heavy atom. The number of nitrogens with two attached hydrogens (primary N) is 1. The van der Waals surface area contributed by atoms with Gasteiger partial charge in [-0.2, -0.15) is 9.36 Å². The first-order valence-electron chi connectivity index (χ1n) is 8.44. The highest BCUT2D eigenvalue weighted by Crippen LogP contribution is 2.40. The summed E-state index contributed by atoms with van der Waals surface area (Å²) < 4.78 is 21.0. The van der Waals surface area contributed by atoms with Gasteiger partial charge < -0.3 is 25.7 Å². The zero-order valence-electron chi connectivity index (χ0n) is 15.7. The van der Waals surface area contributed by atoms with Crippen LogP contribution in [-0.4, -0.2) is 79.5 Å². The molecule has 2 atom stereocenters. The molecule has 31 heavy (non-hydrogen) atoms. The minimum Gasteiger partial charge on any atom is -0.477 e. The summed E-state index contributed by atoms with van der Waals surface area (Å²) in [6.07, 6.45) is 0. The zero-order chi connectivity index (χ0) is 22.7. The highest BCUT2D eigenvalue weighted by atomic mass is 32.2. The van der Waals surface area contributed by atoms with Gasteiger partial charge in [0, 0.05) is 29.8 Å². The summed E-state index contributed by atoms with van der Waals surface area (Å²) in [5.41, 5.74) is 4.93. The number of rotatable bonds is 8. The SMILES string of the molecule is CC(=O)OCC1=C(C(=O)O)N2C(=O)[C@@H](NC(=O)C(=NOCF)c3nsc(N)n3)[C@@H]2SC1. The Hall–Kier alpha value is -3.27. The topological polar surface area (TPSA) is 186 Å². The van der Waals surface area contributed by atoms with E-state index in [4.69, 9.17) is 10.5 Å². The minimum absolute atomic E-state index is 0.0287. The lowest BCUT2D eigenvalue weighted by Gasteiger charge is -2.49. The van der Waals surface area contributed by atoms with Crippen LogP contribution in [0.2, 0.25) is 0 Å². The van der Waals surface area contributed by atoms with E-state index in [1.807, 2.05) is 0 Å². The molecule has 166 valence electrons. The summed E-state index contributed by atoms with van der Waals surface area (Å²) in [5.74, 6) is -3.65. The van der Waals surface area contributed by atoms with Gasteiger partial charge in [-0.15, -0.1) is 11.8 Å². The molecule has 1 aromatic heterocycles. The lowest BCUT2D eigenvalue weighted by Crippen LogP contribution is -2.71. The van der Waals surface area contributed by atoms with Crippen LogP contribution in [0, 0.1) is 0 Å². The van der Waals surface area contributed by atoms with Crippen LogP contribution < -0.4 is 11.1 Å². The molecule has 1 saturated heterocycles. The number of β-lactam (4-membered cyclic amide) rings is 1. The van der Waals surface area contributed by atoms with Crippen molar-refractivity contribution in [2.24, 2.45) is 5.16 Å². The number of nitrogen functional groups attached to an aromatic ring is 1. The summed E-state index contributed by atoms with van der Waals surface area (Å²) in [5, 5.41) is 14.6. The van der Waals surface area contributed by atoms with Gasteiger partial charge in [0.15, 0.2) is 5.13 Å². The fourth-order valence-electron chi connectivity index (χ4n) is 2.80. The number of ether oxygens (including phenoxy) is 1. The molecule has 0 unspecified atom stereocenters. The average molecular weight is 474 g/mol. The number of nitrogens with zero attached hydrogens (tertiary/aromatic N) is 4. The van der Waals surface area contributed by atoms with Crippen molar-refractivity contribution in [3.05, 3.63) is 17.1 Å². The maximum atomic E-state index is 12.6. The number of hydrogen-bond donors (Lipinski definition) is 3. The molecule has 0 saturated carbocycles. The van der Waals surface area contributed by atoms with Crippen molar-refractivity contribution >= 4 is 57.9 Å². The monoisotopic (exact) mass is 474 g/mol. The van der Waals surface area contributed by atoms with E-state index < -0.39 is 47.7 Å². The van der Waals surface area contributed by atoms with Crippen molar-refractivity contribution in [2.75, 3.05) is 25.0 Å². The second-order valence-corrected chi connectivity index (χ2v) is 7.92. The largest absolute Gasteiger partial charge is 0.477 e. The number of amides is 2. The van der Waals surface area contributed by atoms with E-state index >= 15 is 0 Å². The van der Waals surface area contributed by atoms with Gasteiger partial charge in [-0.1, -0.05) is 5.16 Å². The second-order valence-electron chi connectivity index (χ2n) is 6.03. The van der Waals surface area contributed by atoms with E-state index in [-0.39, 0.29) is 34.6 Å². The maximum absolute atomic E-state index is 12.6. The van der Waals surface area contributed by atoms with Gasteiger partial charge in [-0.05, 0) is 0 Å². The summed E-state index contributed by atoms with van der Waals surface area (Å²) in [4.78, 5) is 57.0. The molecule has 13 nitrogen and oxygen atoms in total. The molecule has 2 aliphatic rings. The highest BCUT2D eigenvalue weighted by molar-refractivity contribution is 8.00. The van der Waals surface area contributed by atoms with Crippen LogP contribution in [0.3, 0.4) is 0 Å². The van der Waals surface area contributed by atoms with Crippen molar-refractivity contribution in [3.8, 4) is 0 Å². The molecule has 0 aliphatic carbocycles. The van der Waals surface area contributed by atoms with E-state index in [1.54, 1.807) is 0 Å². The van der Waals surface area contributed by atoms with E-state index in [0.717, 1.165) is 16.4 Å². The van der Waals surface area contributed by atoms with Crippen molar-refractivity contribution in [3.63, 3.8) is 0 Å². The molecule has 0 aromatic carbocycles. The first kappa shape index (κ1) is 22.4. The van der Waals surface area contributed by atoms with Crippen LogP contribution >= 0.6 is 23.3 Å². The molecule has 0 spiro atoms. The lowest BCUT2D eigenvalue weighted by atomic mass is 10.0. The first-order chi connectivity index (χ1) is 14.7. The third kappa shape index (κ3) is 4.58. The van der Waals surface area contributed by atoms with Crippen molar-refractivity contribution < 1.29 is 38.2 Å². The number of esters is 1. The number of thioether (sulfide) groups is 1. The Morgan fingerprint density at radius 2 is 2.19 bits per heavy atom. The van der Waals surface area contributed by atoms with E-state index in [9.17, 15) is 28.7 Å². The maximum Gasteiger partial charge on any atom is 0.352 e. The first-order valence-corrected chi connectivity index (χ1v) is 10.3. The number of nitrogens with one attached hydrogen (secondary N) is 1. The quantitative estimate of drug-likeness (QED) is 0.183. The number of aliphatic carboxylic acids is 1. The van der Waals surface area contributed by atoms with Crippen LogP contribution in [0.5, 0.6) is 0 Å². The number of anilines is 1. The number of halogens is 1. The Kier molecular flexibility index (Phi) is 6.69. The smallest absolute Gasteiger partial charge is 0.352 e. The number of carbonyl (C=O) groups is 4. The van der Waals surface area contributed by atoms with Gasteiger partial charge in [0.1, 0.15) is 23.7 Å². The van der Waals surface area contributed by atoms with Gasteiger partial charge >= 0.3 is 11.9 Å². The van der Waals surface area contributed by atoms with Crippen molar-refractivity contribution in [2.45, 2.75) is 18.3 Å². The van der Waals surface area contributed by atoms with Crippen molar-refractivity contribution in [1.29, 1.82) is 0 Å². The summed E-state index contributed by atoms with van der Waals surface area (Å²) in [7, 11) is 0. The van der Waals surface area contributed by atoms with E-state index in [1.165, 1.54) is 18.7 Å². The summed E-state index contributed by atoms with van der Waals surface area (Å²) in [6, 6.07) is -1.09. The minimum atomic E-state index is -1.37. The number of carbonyl (C=O) groups excluding carboxylic acids is 3. The Morgan fingerprint density at radius 3 is 2.77 bits per heavy atom. The molecular weight excluding hydrogens is 459 g/mol. The number of aromatic nitrogens is 2. The summed E-state index contributed by atoms with van der Waals surface area (Å²) >= 11 is 1.95. The predicted molar refractivity (Wildman–Crippen MR) is 104 cm³/mol. The molecule has 3 heterocycles. The normalized spacial score (nSPS) is 20.6. The van der Waals surface area contributed by atoms with E-state index in [0.29, 0.717) is 0 Å². The number of carboxylic acids is 1. The Balaban J connectivity index is 1.78. The molecule has 16 heteroatoms. The lowest BCUT2D eigenvalue weighted by molar-refractivity contribution is -0.150. The summed E-state index contributed by atoms with van der Waals surface area (Å²) in [6.45, 7) is -0.411. The fourth-order valence-corrected chi connectivity index (χ4v) is 4.56. The number of fused-ring (bicyclic) bond motifs is 1. The molecule has 1 fully saturated rings. The molecule has 0 bridgehead atoms. The molecular formula is C15H15FN6O7S2. The predicted octanol–water partition coefficient (Wildman–Crippen LogP) is -0.930. The Labute approximate surface area is 181 Å². The second kappa shape index (κ2) is 9.25. The molecule has 1 aromatic rings. The van der Waals surface area contributed by atoms with Gasteiger partial charge in [-0.25, -0.2) is 9.18 Å².